The van der Waals surface area contributed by atoms with Gasteiger partial charge in [0.1, 0.15) is 0 Å². The van der Waals surface area contributed by atoms with Crippen LogP contribution < -0.4 is 16.8 Å². The maximum atomic E-state index is 11.7. The molecule has 104 valence electrons. The Morgan fingerprint density at radius 1 is 1.26 bits per heavy atom. The van der Waals surface area contributed by atoms with Gasteiger partial charge < -0.3 is 20.0 Å². The molecule has 1 aromatic heterocycles. The van der Waals surface area contributed by atoms with Crippen molar-refractivity contribution in [2.75, 3.05) is 0 Å². The van der Waals surface area contributed by atoms with Gasteiger partial charge in [-0.15, -0.1) is 0 Å². The van der Waals surface area contributed by atoms with Gasteiger partial charge in [0, 0.05) is 17.8 Å². The monoisotopic (exact) mass is 264 g/mol. The van der Waals surface area contributed by atoms with Gasteiger partial charge >= 0.3 is 7.12 Å². The number of aromatic nitrogens is 1. The molecule has 3 N–H and O–H groups in total. The maximum Gasteiger partial charge on any atom is 0.496 e. The number of H-pyrrole nitrogens is 1. The number of rotatable bonds is 2. The Balaban J connectivity index is 2.35. The first-order valence-corrected chi connectivity index (χ1v) is 6.48. The Labute approximate surface area is 113 Å². The van der Waals surface area contributed by atoms with Crippen LogP contribution in [-0.4, -0.2) is 23.3 Å². The molecular formula is C13H21BN2O3. The Hall–Kier alpha value is -1.11. The summed E-state index contributed by atoms with van der Waals surface area (Å²) in [5.74, 6) is 0. The van der Waals surface area contributed by atoms with Gasteiger partial charge in [0.2, 0.25) is 0 Å². The van der Waals surface area contributed by atoms with E-state index in [-0.39, 0.29) is 11.6 Å². The van der Waals surface area contributed by atoms with E-state index in [9.17, 15) is 4.79 Å². The highest BCUT2D eigenvalue weighted by Crippen LogP contribution is 2.36. The van der Waals surface area contributed by atoms with Crippen LogP contribution in [0.3, 0.4) is 0 Å². The molecule has 0 radical (unpaired) electrons. The average molecular weight is 264 g/mol. The predicted octanol–water partition coefficient (Wildman–Crippen LogP) is 0.694. The summed E-state index contributed by atoms with van der Waals surface area (Å²) in [6.45, 7) is 9.74. The third kappa shape index (κ3) is 2.48. The topological polar surface area (TPSA) is 77.3 Å². The second kappa shape index (κ2) is 4.47. The van der Waals surface area contributed by atoms with E-state index in [1.807, 2.05) is 27.7 Å². The molecule has 1 aliphatic rings. The molecule has 0 aromatic carbocycles. The van der Waals surface area contributed by atoms with E-state index in [0.717, 1.165) is 5.46 Å². The molecule has 5 nitrogen and oxygen atoms in total. The lowest BCUT2D eigenvalue weighted by atomic mass is 9.79. The number of nitrogens with one attached hydrogen (secondary N) is 1. The molecule has 0 spiro atoms. The molecule has 6 heteroatoms. The summed E-state index contributed by atoms with van der Waals surface area (Å²) in [5.41, 5.74) is 6.13. The minimum atomic E-state index is -0.487. The molecule has 1 fully saturated rings. The average Bonchev–Trinajstić information content (AvgIpc) is 2.48. The van der Waals surface area contributed by atoms with Crippen LogP contribution >= 0.6 is 0 Å². The summed E-state index contributed by atoms with van der Waals surface area (Å²) in [5, 5.41) is 0. The summed E-state index contributed by atoms with van der Waals surface area (Å²) in [7, 11) is -0.487. The molecule has 19 heavy (non-hydrogen) atoms. The van der Waals surface area contributed by atoms with Crippen LogP contribution in [0.2, 0.25) is 0 Å². The first kappa shape index (κ1) is 14.3. The zero-order chi connectivity index (χ0) is 14.4. The predicted molar refractivity (Wildman–Crippen MR) is 75.4 cm³/mol. The summed E-state index contributed by atoms with van der Waals surface area (Å²) in [6.07, 6.45) is 1.62. The van der Waals surface area contributed by atoms with E-state index in [4.69, 9.17) is 15.0 Å². The van der Waals surface area contributed by atoms with Crippen LogP contribution in [-0.2, 0) is 9.31 Å². The van der Waals surface area contributed by atoms with Crippen molar-refractivity contribution in [3.05, 3.63) is 28.2 Å². The van der Waals surface area contributed by atoms with Crippen LogP contribution in [0.4, 0.5) is 0 Å². The van der Waals surface area contributed by atoms with Crippen molar-refractivity contribution in [2.24, 2.45) is 5.73 Å². The van der Waals surface area contributed by atoms with Crippen molar-refractivity contribution in [1.29, 1.82) is 0 Å². The molecule has 0 amide bonds. The van der Waals surface area contributed by atoms with Gasteiger partial charge in [-0.05, 0) is 40.1 Å². The van der Waals surface area contributed by atoms with Gasteiger partial charge in [-0.3, -0.25) is 4.79 Å². The zero-order valence-electron chi connectivity index (χ0n) is 12.1. The Morgan fingerprint density at radius 2 is 1.79 bits per heavy atom. The smallest absolute Gasteiger partial charge is 0.399 e. The zero-order valence-corrected chi connectivity index (χ0v) is 12.1. The second-order valence-electron chi connectivity index (χ2n) is 6.09. The highest BCUT2D eigenvalue weighted by Gasteiger charge is 2.51. The van der Waals surface area contributed by atoms with Crippen LogP contribution in [0, 0.1) is 0 Å². The van der Waals surface area contributed by atoms with Crippen molar-refractivity contribution >= 4 is 12.6 Å². The van der Waals surface area contributed by atoms with E-state index in [2.05, 4.69) is 4.98 Å². The molecule has 0 bridgehead atoms. The lowest BCUT2D eigenvalue weighted by Crippen LogP contribution is -2.41. The van der Waals surface area contributed by atoms with Crippen molar-refractivity contribution in [3.8, 4) is 0 Å². The van der Waals surface area contributed by atoms with Crippen LogP contribution in [0.25, 0.3) is 0 Å². The molecule has 2 heterocycles. The van der Waals surface area contributed by atoms with E-state index in [0.29, 0.717) is 5.56 Å². The van der Waals surface area contributed by atoms with Gasteiger partial charge in [-0.1, -0.05) is 6.07 Å². The Kier molecular flexibility index (Phi) is 3.37. The Morgan fingerprint density at radius 3 is 2.26 bits per heavy atom. The summed E-state index contributed by atoms with van der Waals surface area (Å²) in [6, 6.07) is 1.43. The number of aromatic amines is 1. The molecule has 1 atom stereocenters. The van der Waals surface area contributed by atoms with Crippen LogP contribution in [0.1, 0.15) is 46.2 Å². The lowest BCUT2D eigenvalue weighted by molar-refractivity contribution is 0.00578. The normalized spacial score (nSPS) is 22.5. The first-order chi connectivity index (χ1) is 8.64. The molecule has 2 rings (SSSR count). The highest BCUT2D eigenvalue weighted by atomic mass is 16.7. The molecule has 0 aliphatic carbocycles. The first-order valence-electron chi connectivity index (χ1n) is 6.48. The molecule has 0 saturated carbocycles. The fourth-order valence-corrected chi connectivity index (χ4v) is 1.97. The quantitative estimate of drug-likeness (QED) is 0.770. The van der Waals surface area contributed by atoms with E-state index >= 15 is 0 Å². The third-order valence-corrected chi connectivity index (χ3v) is 3.97. The van der Waals surface area contributed by atoms with Crippen LogP contribution in [0.15, 0.2) is 17.1 Å². The molecule has 1 unspecified atom stereocenters. The van der Waals surface area contributed by atoms with E-state index in [1.54, 1.807) is 19.2 Å². The van der Waals surface area contributed by atoms with Crippen molar-refractivity contribution < 1.29 is 9.31 Å². The van der Waals surface area contributed by atoms with Gasteiger partial charge in [0.25, 0.3) is 5.56 Å². The number of hydrogen-bond donors (Lipinski definition) is 2. The summed E-state index contributed by atoms with van der Waals surface area (Å²) >= 11 is 0. The molecular weight excluding hydrogens is 243 g/mol. The number of hydrogen-bond acceptors (Lipinski definition) is 4. The lowest BCUT2D eigenvalue weighted by Gasteiger charge is -2.32. The van der Waals surface area contributed by atoms with Crippen molar-refractivity contribution in [1.82, 2.24) is 4.98 Å². The molecule has 1 aliphatic heterocycles. The van der Waals surface area contributed by atoms with E-state index < -0.39 is 18.3 Å². The van der Waals surface area contributed by atoms with E-state index in [1.165, 1.54) is 0 Å². The van der Waals surface area contributed by atoms with Gasteiger partial charge in [0.05, 0.1) is 11.2 Å². The van der Waals surface area contributed by atoms with Gasteiger partial charge in [-0.2, -0.15) is 0 Å². The minimum absolute atomic E-state index is 0.171. The Bertz CT molecular complexity index is 521. The SMILES string of the molecule is CC(N)c1cc(B2OC(C)(C)C(C)(C)O2)c[nH]c1=O. The van der Waals surface area contributed by atoms with Crippen LogP contribution in [0.5, 0.6) is 0 Å². The maximum absolute atomic E-state index is 11.7. The van der Waals surface area contributed by atoms with Crippen molar-refractivity contribution in [3.63, 3.8) is 0 Å². The van der Waals surface area contributed by atoms with Gasteiger partial charge in [-0.25, -0.2) is 0 Å². The number of nitrogens with two attached hydrogens (primary N) is 1. The highest BCUT2D eigenvalue weighted by molar-refractivity contribution is 6.62. The number of pyridine rings is 1. The van der Waals surface area contributed by atoms with Gasteiger partial charge in [0.15, 0.2) is 0 Å². The molecule has 1 aromatic rings. The van der Waals surface area contributed by atoms with Crippen molar-refractivity contribution in [2.45, 2.75) is 51.9 Å². The minimum Gasteiger partial charge on any atom is -0.399 e. The summed E-state index contributed by atoms with van der Waals surface area (Å²) < 4.78 is 11.9. The third-order valence-electron chi connectivity index (χ3n) is 3.97. The second-order valence-corrected chi connectivity index (χ2v) is 6.09. The standard InChI is InChI=1S/C13H21BN2O3/c1-8(15)10-6-9(7-16-11(10)17)14-18-12(2,3)13(4,5)19-14/h6-8H,15H2,1-5H3,(H,16,17). The summed E-state index contributed by atoms with van der Waals surface area (Å²) in [4.78, 5) is 14.4. The fraction of sp³-hybridized carbons (Fsp3) is 0.615. The fourth-order valence-electron chi connectivity index (χ4n) is 1.97. The largest absolute Gasteiger partial charge is 0.496 e. The molecule has 1 saturated heterocycles.